The van der Waals surface area contributed by atoms with Gasteiger partial charge in [-0.25, -0.2) is 16.8 Å². The summed E-state index contributed by atoms with van der Waals surface area (Å²) in [6, 6.07) is 22.7. The molecule has 0 unspecified atom stereocenters. The van der Waals surface area contributed by atoms with E-state index < -0.39 is 15.8 Å². The maximum Gasteiger partial charge on any atom is 0.268 e. The summed E-state index contributed by atoms with van der Waals surface area (Å²) in [7, 11) is -4.05. The molecule has 0 atom stereocenters. The summed E-state index contributed by atoms with van der Waals surface area (Å²) in [5.74, 6) is -0.537. The Kier molecular flexibility index (Phi) is 5.29. The third kappa shape index (κ3) is 3.53. The molecule has 0 radical (unpaired) electrons. The van der Waals surface area contributed by atoms with E-state index in [0.717, 1.165) is 6.07 Å². The molecule has 0 bridgehead atoms. The first kappa shape index (κ1) is 21.4. The smallest absolute Gasteiger partial charge is 0.232 e. The van der Waals surface area contributed by atoms with Crippen molar-refractivity contribution >= 4 is 43.9 Å². The zero-order chi connectivity index (χ0) is 23.2. The molecule has 0 saturated heterocycles. The maximum atomic E-state index is 13.9. The van der Waals surface area contributed by atoms with Gasteiger partial charge in [-0.1, -0.05) is 41.9 Å². The van der Waals surface area contributed by atoms with E-state index in [4.69, 9.17) is 11.6 Å². The number of benzene rings is 3. The van der Waals surface area contributed by atoms with Crippen LogP contribution in [-0.2, 0) is 10.0 Å². The predicted octanol–water partition coefficient (Wildman–Crippen LogP) is 6.94. The molecule has 0 saturated carbocycles. The Hall–Kier alpha value is -3.44. The van der Waals surface area contributed by atoms with Gasteiger partial charge in [-0.2, -0.15) is 5.26 Å². The van der Waals surface area contributed by atoms with Crippen LogP contribution in [0.25, 0.3) is 32.6 Å². The minimum absolute atomic E-state index is 0.0802. The molecule has 0 fully saturated rings. The summed E-state index contributed by atoms with van der Waals surface area (Å²) in [6.45, 7) is 0. The van der Waals surface area contributed by atoms with Crippen LogP contribution in [0, 0.1) is 17.1 Å². The Labute approximate surface area is 198 Å². The molecule has 0 aliphatic carbocycles. The number of fused-ring (bicyclic) bond motifs is 1. The van der Waals surface area contributed by atoms with Gasteiger partial charge in [0.1, 0.15) is 5.82 Å². The Balaban J connectivity index is 1.96. The molecule has 2 heterocycles. The van der Waals surface area contributed by atoms with Crippen molar-refractivity contribution in [2.75, 3.05) is 0 Å². The van der Waals surface area contributed by atoms with Gasteiger partial charge in [0.15, 0.2) is 0 Å². The molecule has 5 rings (SSSR count). The average Bonchev–Trinajstić information content (AvgIpc) is 3.45. The highest BCUT2D eigenvalue weighted by atomic mass is 35.5. The Morgan fingerprint density at radius 2 is 1.73 bits per heavy atom. The highest BCUT2D eigenvalue weighted by Crippen LogP contribution is 2.45. The molecular formula is C25H14ClFN2O2S2. The van der Waals surface area contributed by atoms with Crippen LogP contribution in [0.5, 0.6) is 0 Å². The Morgan fingerprint density at radius 1 is 0.970 bits per heavy atom. The summed E-state index contributed by atoms with van der Waals surface area (Å²) in [5.41, 5.74) is 2.02. The lowest BCUT2D eigenvalue weighted by Gasteiger charge is -2.13. The summed E-state index contributed by atoms with van der Waals surface area (Å²) in [4.78, 5) is 0.781. The second kappa shape index (κ2) is 8.16. The number of thiophene rings is 1. The van der Waals surface area contributed by atoms with E-state index in [1.165, 1.54) is 51.7 Å². The first-order valence-electron chi connectivity index (χ1n) is 9.80. The average molecular weight is 493 g/mol. The minimum Gasteiger partial charge on any atom is -0.232 e. The molecule has 0 aliphatic rings. The lowest BCUT2D eigenvalue weighted by molar-refractivity contribution is 0.589. The van der Waals surface area contributed by atoms with Crippen LogP contribution in [0.2, 0.25) is 5.02 Å². The molecular weight excluding hydrogens is 479 g/mol. The van der Waals surface area contributed by atoms with Crippen LogP contribution in [-0.4, -0.2) is 12.4 Å². The van der Waals surface area contributed by atoms with Gasteiger partial charge < -0.3 is 0 Å². The Morgan fingerprint density at radius 3 is 2.42 bits per heavy atom. The van der Waals surface area contributed by atoms with E-state index in [-0.39, 0.29) is 10.5 Å². The number of nitrogens with zero attached hydrogens (tertiary/aromatic N) is 2. The van der Waals surface area contributed by atoms with Gasteiger partial charge >= 0.3 is 0 Å². The number of hydrogen-bond donors (Lipinski definition) is 0. The number of hydrogen-bond acceptors (Lipinski definition) is 4. The second-order valence-corrected chi connectivity index (χ2v) is 10.4. The van der Waals surface area contributed by atoms with Gasteiger partial charge in [-0.15, -0.1) is 11.3 Å². The van der Waals surface area contributed by atoms with E-state index in [1.54, 1.807) is 24.3 Å². The van der Waals surface area contributed by atoms with Crippen molar-refractivity contribution in [3.63, 3.8) is 0 Å². The molecule has 8 heteroatoms. The normalized spacial score (nSPS) is 11.5. The van der Waals surface area contributed by atoms with Gasteiger partial charge in [-0.3, -0.25) is 0 Å². The lowest BCUT2D eigenvalue weighted by atomic mass is 9.97. The SMILES string of the molecule is N#Cc1cc(F)ccc1-c1c(-c2cccs2)n(S(=O)(=O)c2ccc(Cl)cc2)c2ccccc12. The third-order valence-corrected chi connectivity index (χ3v) is 8.17. The Bertz CT molecular complexity index is 1650. The molecule has 162 valence electrons. The standard InChI is InChI=1S/C25H14ClFN2O2S2/c26-17-7-10-19(11-8-17)33(30,31)29-22-5-2-1-4-21(22)24(25(29)23-6-3-13-32-23)20-12-9-18(27)14-16(20)15-28/h1-14H. The fraction of sp³-hybridized carbons (Fsp3) is 0. The minimum atomic E-state index is -4.05. The van der Waals surface area contributed by atoms with Gasteiger partial charge in [0.25, 0.3) is 10.0 Å². The van der Waals surface area contributed by atoms with Crippen molar-refractivity contribution in [2.24, 2.45) is 0 Å². The van der Waals surface area contributed by atoms with Gasteiger partial charge in [0.2, 0.25) is 0 Å². The highest BCUT2D eigenvalue weighted by molar-refractivity contribution is 7.90. The maximum absolute atomic E-state index is 13.9. The highest BCUT2D eigenvalue weighted by Gasteiger charge is 2.29. The second-order valence-electron chi connectivity index (χ2n) is 7.24. The quantitative estimate of drug-likeness (QED) is 0.273. The zero-order valence-electron chi connectivity index (χ0n) is 16.9. The van der Waals surface area contributed by atoms with Crippen LogP contribution in [0.1, 0.15) is 5.56 Å². The van der Waals surface area contributed by atoms with Crippen molar-refractivity contribution in [3.05, 3.63) is 101 Å². The van der Waals surface area contributed by atoms with Crippen LogP contribution in [0.3, 0.4) is 0 Å². The summed E-state index contributed by atoms with van der Waals surface area (Å²) in [5, 5.41) is 12.6. The summed E-state index contributed by atoms with van der Waals surface area (Å²) < 4.78 is 43.1. The first-order valence-corrected chi connectivity index (χ1v) is 12.5. The molecule has 0 N–H and O–H groups in total. The lowest BCUT2D eigenvalue weighted by Crippen LogP contribution is -2.14. The van der Waals surface area contributed by atoms with E-state index in [2.05, 4.69) is 0 Å². The van der Waals surface area contributed by atoms with E-state index >= 15 is 0 Å². The van der Waals surface area contributed by atoms with Crippen LogP contribution >= 0.6 is 22.9 Å². The third-order valence-electron chi connectivity index (χ3n) is 5.31. The molecule has 33 heavy (non-hydrogen) atoms. The van der Waals surface area contributed by atoms with Crippen molar-refractivity contribution in [1.29, 1.82) is 5.26 Å². The number of nitriles is 1. The van der Waals surface area contributed by atoms with Gasteiger partial charge in [-0.05, 0) is 53.9 Å². The number of aromatic nitrogens is 1. The molecule has 5 aromatic rings. The van der Waals surface area contributed by atoms with E-state index in [0.29, 0.717) is 37.6 Å². The monoisotopic (exact) mass is 492 g/mol. The molecule has 2 aromatic heterocycles. The van der Waals surface area contributed by atoms with Crippen molar-refractivity contribution in [2.45, 2.75) is 4.90 Å². The number of para-hydroxylation sites is 1. The van der Waals surface area contributed by atoms with Gasteiger partial charge in [0.05, 0.1) is 32.6 Å². The topological polar surface area (TPSA) is 62.9 Å². The van der Waals surface area contributed by atoms with E-state index in [9.17, 15) is 18.1 Å². The molecule has 0 amide bonds. The summed E-state index contributed by atoms with van der Waals surface area (Å²) >= 11 is 7.37. The van der Waals surface area contributed by atoms with Crippen LogP contribution in [0.4, 0.5) is 4.39 Å². The first-order chi connectivity index (χ1) is 15.9. The number of halogens is 2. The summed E-state index contributed by atoms with van der Waals surface area (Å²) in [6.07, 6.45) is 0. The fourth-order valence-electron chi connectivity index (χ4n) is 3.91. The molecule has 0 spiro atoms. The predicted molar refractivity (Wildman–Crippen MR) is 129 cm³/mol. The van der Waals surface area contributed by atoms with Crippen LogP contribution in [0.15, 0.2) is 89.1 Å². The molecule has 4 nitrogen and oxygen atoms in total. The fourth-order valence-corrected chi connectivity index (χ4v) is 6.40. The van der Waals surface area contributed by atoms with Crippen molar-refractivity contribution in [3.8, 4) is 27.8 Å². The molecule has 3 aromatic carbocycles. The van der Waals surface area contributed by atoms with Gasteiger partial charge in [0, 0.05) is 21.5 Å². The largest absolute Gasteiger partial charge is 0.268 e. The van der Waals surface area contributed by atoms with Crippen LogP contribution < -0.4 is 0 Å². The number of rotatable bonds is 4. The molecule has 0 aliphatic heterocycles. The zero-order valence-corrected chi connectivity index (χ0v) is 19.3. The van der Waals surface area contributed by atoms with E-state index in [1.807, 2.05) is 23.6 Å². The van der Waals surface area contributed by atoms with Crippen molar-refractivity contribution in [1.82, 2.24) is 3.97 Å². The van der Waals surface area contributed by atoms with Crippen molar-refractivity contribution < 1.29 is 12.8 Å².